The number of halogens is 1. The first kappa shape index (κ1) is 18.5. The van der Waals surface area contributed by atoms with Crippen LogP contribution in [0.4, 0.5) is 0 Å². The minimum atomic E-state index is 0.194. The smallest absolute Gasteiger partial charge is 0.226 e. The Morgan fingerprint density at radius 1 is 1.22 bits per heavy atom. The highest BCUT2D eigenvalue weighted by Crippen LogP contribution is 2.27. The number of carbonyl (C=O) groups excluding carboxylic acids is 1. The second-order valence-corrected chi connectivity index (χ2v) is 8.05. The third-order valence-electron chi connectivity index (χ3n) is 5.69. The molecule has 1 amide bonds. The van der Waals surface area contributed by atoms with E-state index in [-0.39, 0.29) is 5.92 Å². The topological polar surface area (TPSA) is 49.6 Å². The zero-order chi connectivity index (χ0) is 18.8. The summed E-state index contributed by atoms with van der Waals surface area (Å²) in [5.41, 5.74) is 1.86. The van der Waals surface area contributed by atoms with Crippen molar-refractivity contribution < 1.29 is 9.21 Å². The van der Waals surface area contributed by atoms with Crippen molar-refractivity contribution in [1.82, 2.24) is 14.8 Å². The molecule has 0 spiro atoms. The van der Waals surface area contributed by atoms with Gasteiger partial charge >= 0.3 is 0 Å². The third kappa shape index (κ3) is 4.19. The number of hydrogen-bond donors (Lipinski definition) is 0. The fourth-order valence-corrected chi connectivity index (χ4v) is 4.26. The van der Waals surface area contributed by atoms with E-state index < -0.39 is 0 Å². The van der Waals surface area contributed by atoms with E-state index in [9.17, 15) is 4.79 Å². The number of carbonyl (C=O) groups is 1. The normalized spacial score (nSPS) is 19.0. The van der Waals surface area contributed by atoms with Gasteiger partial charge in [-0.1, -0.05) is 17.7 Å². The number of likely N-dealkylation sites (tertiary alicyclic amines) is 2. The molecule has 2 aliphatic rings. The highest BCUT2D eigenvalue weighted by Gasteiger charge is 2.30. The molecule has 2 aliphatic heterocycles. The van der Waals surface area contributed by atoms with Crippen LogP contribution in [0.15, 0.2) is 28.7 Å². The van der Waals surface area contributed by atoms with Crippen LogP contribution in [-0.2, 0) is 11.3 Å². The monoisotopic (exact) mass is 387 g/mol. The Labute approximate surface area is 165 Å². The van der Waals surface area contributed by atoms with Gasteiger partial charge in [0.2, 0.25) is 11.8 Å². The van der Waals surface area contributed by atoms with Crippen molar-refractivity contribution in [3.63, 3.8) is 0 Å². The van der Waals surface area contributed by atoms with Crippen molar-refractivity contribution >= 4 is 17.5 Å². The maximum atomic E-state index is 12.6. The first-order valence-corrected chi connectivity index (χ1v) is 10.2. The van der Waals surface area contributed by atoms with Crippen LogP contribution in [0.5, 0.6) is 0 Å². The zero-order valence-corrected chi connectivity index (χ0v) is 16.5. The summed E-state index contributed by atoms with van der Waals surface area (Å²) in [5, 5.41) is 0.676. The lowest BCUT2D eigenvalue weighted by molar-refractivity contribution is -0.136. The number of aryl methyl sites for hydroxylation is 1. The predicted octanol–water partition coefficient (Wildman–Crippen LogP) is 4.14. The number of nitrogens with zero attached hydrogens (tertiary/aromatic N) is 3. The van der Waals surface area contributed by atoms with Crippen LogP contribution < -0.4 is 0 Å². The molecule has 1 aromatic carbocycles. The molecule has 0 N–H and O–H groups in total. The quantitative estimate of drug-likeness (QED) is 0.791. The van der Waals surface area contributed by atoms with Gasteiger partial charge in [0.15, 0.2) is 0 Å². The van der Waals surface area contributed by atoms with Crippen LogP contribution in [0.25, 0.3) is 11.5 Å². The second-order valence-electron chi connectivity index (χ2n) is 7.62. The van der Waals surface area contributed by atoms with Gasteiger partial charge in [0, 0.05) is 36.1 Å². The molecule has 3 heterocycles. The SMILES string of the molecule is Cc1oc(-c2cccc(Cl)c2)nc1CN1CCC(C(=O)N2CCCC2)CC1. The number of oxazole rings is 1. The molecule has 0 atom stereocenters. The molecule has 6 heteroatoms. The average Bonchev–Trinajstić information content (AvgIpc) is 3.32. The van der Waals surface area contributed by atoms with E-state index in [0.717, 1.165) is 75.4 Å². The Morgan fingerprint density at radius 3 is 2.67 bits per heavy atom. The van der Waals surface area contributed by atoms with Gasteiger partial charge in [-0.3, -0.25) is 9.69 Å². The summed E-state index contributed by atoms with van der Waals surface area (Å²) in [6.07, 6.45) is 4.19. The Kier molecular flexibility index (Phi) is 5.50. The van der Waals surface area contributed by atoms with E-state index in [2.05, 4.69) is 9.80 Å². The summed E-state index contributed by atoms with van der Waals surface area (Å²) in [6.45, 7) is 6.49. The number of aromatic nitrogens is 1. The fourth-order valence-electron chi connectivity index (χ4n) is 4.07. The minimum Gasteiger partial charge on any atom is -0.441 e. The second kappa shape index (κ2) is 8.03. The molecule has 0 unspecified atom stereocenters. The molecule has 0 aliphatic carbocycles. The molecule has 4 rings (SSSR count). The number of hydrogen-bond acceptors (Lipinski definition) is 4. The fraction of sp³-hybridized carbons (Fsp3) is 0.524. The average molecular weight is 388 g/mol. The van der Waals surface area contributed by atoms with E-state index in [4.69, 9.17) is 21.0 Å². The first-order chi connectivity index (χ1) is 13.1. The van der Waals surface area contributed by atoms with E-state index >= 15 is 0 Å². The summed E-state index contributed by atoms with van der Waals surface area (Å²) < 4.78 is 5.87. The molecule has 0 saturated carbocycles. The number of benzene rings is 1. The van der Waals surface area contributed by atoms with Crippen molar-refractivity contribution in [3.8, 4) is 11.5 Å². The molecule has 2 aromatic rings. The van der Waals surface area contributed by atoms with Gasteiger partial charge in [-0.05, 0) is 63.9 Å². The Morgan fingerprint density at radius 2 is 1.96 bits per heavy atom. The maximum absolute atomic E-state index is 12.6. The van der Waals surface area contributed by atoms with Gasteiger partial charge in [-0.25, -0.2) is 4.98 Å². The highest BCUT2D eigenvalue weighted by atomic mass is 35.5. The lowest BCUT2D eigenvalue weighted by Gasteiger charge is -2.32. The molecule has 0 radical (unpaired) electrons. The lowest BCUT2D eigenvalue weighted by atomic mass is 9.95. The Balaban J connectivity index is 1.36. The van der Waals surface area contributed by atoms with Gasteiger partial charge in [0.05, 0.1) is 5.69 Å². The van der Waals surface area contributed by atoms with Gasteiger partial charge in [-0.2, -0.15) is 0 Å². The molecule has 2 saturated heterocycles. The molecule has 1 aromatic heterocycles. The lowest BCUT2D eigenvalue weighted by Crippen LogP contribution is -2.41. The van der Waals surface area contributed by atoms with Crippen molar-refractivity contribution in [2.24, 2.45) is 5.92 Å². The summed E-state index contributed by atoms with van der Waals surface area (Å²) >= 11 is 6.07. The van der Waals surface area contributed by atoms with E-state index in [1.165, 1.54) is 0 Å². The molecule has 144 valence electrons. The summed E-state index contributed by atoms with van der Waals surface area (Å²) in [5.74, 6) is 2.03. The molecular formula is C21H26ClN3O2. The maximum Gasteiger partial charge on any atom is 0.226 e. The first-order valence-electron chi connectivity index (χ1n) is 9.83. The van der Waals surface area contributed by atoms with Gasteiger partial charge in [-0.15, -0.1) is 0 Å². The predicted molar refractivity (Wildman–Crippen MR) is 106 cm³/mol. The van der Waals surface area contributed by atoms with Crippen molar-refractivity contribution in [2.75, 3.05) is 26.2 Å². The van der Waals surface area contributed by atoms with Crippen molar-refractivity contribution in [3.05, 3.63) is 40.7 Å². The van der Waals surface area contributed by atoms with E-state index in [1.807, 2.05) is 31.2 Å². The van der Waals surface area contributed by atoms with E-state index in [1.54, 1.807) is 0 Å². The van der Waals surface area contributed by atoms with Crippen molar-refractivity contribution in [2.45, 2.75) is 39.2 Å². The van der Waals surface area contributed by atoms with Crippen LogP contribution in [-0.4, -0.2) is 46.9 Å². The van der Waals surface area contributed by atoms with Crippen LogP contribution in [0.3, 0.4) is 0 Å². The van der Waals surface area contributed by atoms with Crippen LogP contribution in [0, 0.1) is 12.8 Å². The summed E-state index contributed by atoms with van der Waals surface area (Å²) in [4.78, 5) is 21.7. The molecule has 27 heavy (non-hydrogen) atoms. The molecule has 2 fully saturated rings. The van der Waals surface area contributed by atoms with Gasteiger partial charge < -0.3 is 9.32 Å². The van der Waals surface area contributed by atoms with Crippen LogP contribution in [0.2, 0.25) is 5.02 Å². The Hall–Kier alpha value is -1.85. The van der Waals surface area contributed by atoms with Gasteiger partial charge in [0.1, 0.15) is 5.76 Å². The summed E-state index contributed by atoms with van der Waals surface area (Å²) in [6, 6.07) is 7.57. The number of amides is 1. The molecular weight excluding hydrogens is 362 g/mol. The summed E-state index contributed by atoms with van der Waals surface area (Å²) in [7, 11) is 0. The number of rotatable bonds is 4. The van der Waals surface area contributed by atoms with Crippen LogP contribution in [0.1, 0.15) is 37.1 Å². The molecule has 5 nitrogen and oxygen atoms in total. The standard InChI is InChI=1S/C21H26ClN3O2/c1-15-19(23-20(27-15)17-5-4-6-18(22)13-17)14-24-11-7-16(8-12-24)21(26)25-9-2-3-10-25/h4-6,13,16H,2-3,7-12,14H2,1H3. The van der Waals surface area contributed by atoms with Crippen LogP contribution >= 0.6 is 11.6 Å². The third-order valence-corrected chi connectivity index (χ3v) is 5.93. The zero-order valence-electron chi connectivity index (χ0n) is 15.8. The van der Waals surface area contributed by atoms with Gasteiger partial charge in [0.25, 0.3) is 0 Å². The largest absolute Gasteiger partial charge is 0.441 e. The number of piperidine rings is 1. The minimum absolute atomic E-state index is 0.194. The molecule has 0 bridgehead atoms. The van der Waals surface area contributed by atoms with Crippen molar-refractivity contribution in [1.29, 1.82) is 0 Å². The highest BCUT2D eigenvalue weighted by molar-refractivity contribution is 6.30. The Bertz CT molecular complexity index is 806. The van der Waals surface area contributed by atoms with E-state index in [0.29, 0.717) is 16.8 Å².